The number of nitrogens with two attached hydrogens (primary N) is 1. The van der Waals surface area contributed by atoms with Gasteiger partial charge in [0.05, 0.1) is 5.56 Å². The van der Waals surface area contributed by atoms with Crippen molar-refractivity contribution in [3.05, 3.63) is 52.7 Å². The van der Waals surface area contributed by atoms with Gasteiger partial charge >= 0.3 is 5.97 Å². The van der Waals surface area contributed by atoms with Gasteiger partial charge < -0.3 is 16.2 Å². The van der Waals surface area contributed by atoms with Gasteiger partial charge in [0.25, 0.3) is 0 Å². The van der Waals surface area contributed by atoms with Gasteiger partial charge in [0.2, 0.25) is 5.91 Å². The van der Waals surface area contributed by atoms with Crippen molar-refractivity contribution >= 4 is 35.0 Å². The quantitative estimate of drug-likeness (QED) is 0.749. The molecule has 2 rings (SSSR count). The molecule has 20 heavy (non-hydrogen) atoms. The van der Waals surface area contributed by atoms with Gasteiger partial charge in [-0.2, -0.15) is 0 Å². The van der Waals surface area contributed by atoms with E-state index in [2.05, 4.69) is 10.3 Å². The predicted molar refractivity (Wildman–Crippen MR) is 74.4 cm³/mol. The lowest BCUT2D eigenvalue weighted by molar-refractivity contribution is 0.0696. The number of amides is 1. The number of nitrogens with one attached hydrogen (secondary N) is 1. The van der Waals surface area contributed by atoms with E-state index in [0.29, 0.717) is 11.3 Å². The number of benzene rings is 1. The van der Waals surface area contributed by atoms with Gasteiger partial charge in [0, 0.05) is 11.3 Å². The predicted octanol–water partition coefficient (Wildman–Crippen LogP) is 2.28. The first kappa shape index (κ1) is 13.8. The zero-order chi connectivity index (χ0) is 14.7. The molecule has 0 radical (unpaired) electrons. The van der Waals surface area contributed by atoms with E-state index >= 15 is 0 Å². The standard InChI is InChI=1S/C13H10ClN3O3/c14-10-5-8(13(19)20)6-11(17-10)16-9-3-1-2-7(4-9)12(15)18/h1-6H,(H2,15,18)(H,16,17)(H,19,20). The first-order chi connectivity index (χ1) is 9.45. The summed E-state index contributed by atoms with van der Waals surface area (Å²) in [6.07, 6.45) is 0. The van der Waals surface area contributed by atoms with Crippen molar-refractivity contribution in [2.45, 2.75) is 0 Å². The molecule has 4 N–H and O–H groups in total. The molecule has 0 fully saturated rings. The molecule has 0 bridgehead atoms. The van der Waals surface area contributed by atoms with Crippen LogP contribution in [0, 0.1) is 0 Å². The fraction of sp³-hybridized carbons (Fsp3) is 0. The van der Waals surface area contributed by atoms with Crippen LogP contribution in [0.1, 0.15) is 20.7 Å². The van der Waals surface area contributed by atoms with Gasteiger partial charge in [0.1, 0.15) is 11.0 Å². The molecule has 1 heterocycles. The highest BCUT2D eigenvalue weighted by Gasteiger charge is 2.08. The van der Waals surface area contributed by atoms with Crippen molar-refractivity contribution in [3.63, 3.8) is 0 Å². The lowest BCUT2D eigenvalue weighted by atomic mass is 10.2. The summed E-state index contributed by atoms with van der Waals surface area (Å²) < 4.78 is 0. The molecule has 1 aromatic heterocycles. The summed E-state index contributed by atoms with van der Waals surface area (Å²) in [5, 5.41) is 11.9. The summed E-state index contributed by atoms with van der Waals surface area (Å²) in [4.78, 5) is 26.0. The third kappa shape index (κ3) is 3.24. The van der Waals surface area contributed by atoms with Crippen molar-refractivity contribution in [3.8, 4) is 0 Å². The number of hydrogen-bond donors (Lipinski definition) is 3. The zero-order valence-corrected chi connectivity index (χ0v) is 10.9. The minimum atomic E-state index is -1.11. The SMILES string of the molecule is NC(=O)c1cccc(Nc2cc(C(=O)O)cc(Cl)n2)c1. The highest BCUT2D eigenvalue weighted by molar-refractivity contribution is 6.29. The average molecular weight is 292 g/mol. The second kappa shape index (κ2) is 5.58. The Labute approximate surface area is 119 Å². The molecule has 2 aromatic rings. The first-order valence-corrected chi connectivity index (χ1v) is 5.91. The lowest BCUT2D eigenvalue weighted by Gasteiger charge is -2.08. The second-order valence-electron chi connectivity index (χ2n) is 3.94. The van der Waals surface area contributed by atoms with Crippen LogP contribution in [0.5, 0.6) is 0 Å². The fourth-order valence-corrected chi connectivity index (χ4v) is 1.79. The van der Waals surface area contributed by atoms with Crippen LogP contribution in [-0.4, -0.2) is 22.0 Å². The van der Waals surface area contributed by atoms with Crippen LogP contribution in [0.25, 0.3) is 0 Å². The van der Waals surface area contributed by atoms with Crippen molar-refractivity contribution in [1.29, 1.82) is 0 Å². The summed E-state index contributed by atoms with van der Waals surface area (Å²) in [5.41, 5.74) is 6.07. The highest BCUT2D eigenvalue weighted by Crippen LogP contribution is 2.20. The van der Waals surface area contributed by atoms with Gasteiger partial charge in [-0.15, -0.1) is 0 Å². The summed E-state index contributed by atoms with van der Waals surface area (Å²) in [5.74, 6) is -1.40. The summed E-state index contributed by atoms with van der Waals surface area (Å²) in [7, 11) is 0. The molecule has 0 aliphatic rings. The van der Waals surface area contributed by atoms with E-state index in [0.717, 1.165) is 0 Å². The van der Waals surface area contributed by atoms with Gasteiger partial charge in [-0.3, -0.25) is 4.79 Å². The molecule has 102 valence electrons. The van der Waals surface area contributed by atoms with Crippen molar-refractivity contribution < 1.29 is 14.7 Å². The number of nitrogens with zero attached hydrogens (tertiary/aromatic N) is 1. The molecule has 0 atom stereocenters. The Hall–Kier alpha value is -2.60. The molecule has 1 amide bonds. The second-order valence-corrected chi connectivity index (χ2v) is 4.33. The van der Waals surface area contributed by atoms with Crippen LogP contribution in [0.15, 0.2) is 36.4 Å². The molecule has 6 nitrogen and oxygen atoms in total. The minimum absolute atomic E-state index is 0.0126. The van der Waals surface area contributed by atoms with E-state index < -0.39 is 11.9 Å². The van der Waals surface area contributed by atoms with Gasteiger partial charge in [-0.25, -0.2) is 9.78 Å². The molecule has 1 aromatic carbocycles. The van der Waals surface area contributed by atoms with Crippen LogP contribution in [-0.2, 0) is 0 Å². The number of carboxylic acids is 1. The third-order valence-electron chi connectivity index (χ3n) is 2.46. The number of aromatic carboxylic acids is 1. The molecule has 0 unspecified atom stereocenters. The minimum Gasteiger partial charge on any atom is -0.478 e. The maximum absolute atomic E-state index is 11.1. The molecular formula is C13H10ClN3O3. The lowest BCUT2D eigenvalue weighted by Crippen LogP contribution is -2.11. The number of anilines is 2. The average Bonchev–Trinajstić information content (AvgIpc) is 2.38. The van der Waals surface area contributed by atoms with Crippen LogP contribution >= 0.6 is 11.6 Å². The smallest absolute Gasteiger partial charge is 0.335 e. The topological polar surface area (TPSA) is 105 Å². The number of carbonyl (C=O) groups excluding carboxylic acids is 1. The Balaban J connectivity index is 2.32. The van der Waals surface area contributed by atoms with Crippen molar-refractivity contribution in [1.82, 2.24) is 4.98 Å². The number of rotatable bonds is 4. The highest BCUT2D eigenvalue weighted by atomic mass is 35.5. The summed E-state index contributed by atoms with van der Waals surface area (Å²) >= 11 is 5.75. The van der Waals surface area contributed by atoms with E-state index in [9.17, 15) is 9.59 Å². The van der Waals surface area contributed by atoms with Crippen LogP contribution in [0.4, 0.5) is 11.5 Å². The molecule has 0 saturated carbocycles. The Morgan fingerprint density at radius 2 is 1.95 bits per heavy atom. The maximum Gasteiger partial charge on any atom is 0.335 e. The van der Waals surface area contributed by atoms with Gasteiger partial charge in [-0.05, 0) is 30.3 Å². The first-order valence-electron chi connectivity index (χ1n) is 5.53. The number of carbonyl (C=O) groups is 2. The van der Waals surface area contributed by atoms with E-state index in [1.165, 1.54) is 18.2 Å². The Kier molecular flexibility index (Phi) is 3.86. The Bertz CT molecular complexity index is 688. The van der Waals surface area contributed by atoms with Crippen LogP contribution in [0.3, 0.4) is 0 Å². The summed E-state index contributed by atoms with van der Waals surface area (Å²) in [6, 6.07) is 9.02. The number of aromatic nitrogens is 1. The van der Waals surface area contributed by atoms with Crippen molar-refractivity contribution in [2.75, 3.05) is 5.32 Å². The number of carboxylic acid groups (broad SMARTS) is 1. The number of halogens is 1. The fourth-order valence-electron chi connectivity index (χ4n) is 1.58. The van der Waals surface area contributed by atoms with Gasteiger partial charge in [-0.1, -0.05) is 17.7 Å². The molecular weight excluding hydrogens is 282 g/mol. The zero-order valence-electron chi connectivity index (χ0n) is 10.1. The number of primary amides is 1. The number of hydrogen-bond acceptors (Lipinski definition) is 4. The van der Waals surface area contributed by atoms with E-state index in [-0.39, 0.29) is 16.5 Å². The maximum atomic E-state index is 11.1. The number of pyridine rings is 1. The van der Waals surface area contributed by atoms with Crippen LogP contribution < -0.4 is 11.1 Å². The van der Waals surface area contributed by atoms with E-state index in [4.69, 9.17) is 22.4 Å². The third-order valence-corrected chi connectivity index (χ3v) is 2.65. The van der Waals surface area contributed by atoms with Gasteiger partial charge in [0.15, 0.2) is 0 Å². The molecule has 0 aliphatic heterocycles. The van der Waals surface area contributed by atoms with Crippen LogP contribution in [0.2, 0.25) is 5.15 Å². The van der Waals surface area contributed by atoms with E-state index in [1.807, 2.05) is 0 Å². The monoisotopic (exact) mass is 291 g/mol. The molecule has 7 heteroatoms. The largest absolute Gasteiger partial charge is 0.478 e. The molecule has 0 aliphatic carbocycles. The van der Waals surface area contributed by atoms with E-state index in [1.54, 1.807) is 18.2 Å². The van der Waals surface area contributed by atoms with Crippen molar-refractivity contribution in [2.24, 2.45) is 5.73 Å². The molecule has 0 saturated heterocycles. The summed E-state index contributed by atoms with van der Waals surface area (Å²) in [6.45, 7) is 0. The molecule has 0 spiro atoms. The Morgan fingerprint density at radius 1 is 1.20 bits per heavy atom. The normalized spacial score (nSPS) is 10.1. The Morgan fingerprint density at radius 3 is 2.60 bits per heavy atom.